The summed E-state index contributed by atoms with van der Waals surface area (Å²) >= 11 is 0. The number of nitrogens with one attached hydrogen (secondary N) is 1. The van der Waals surface area contributed by atoms with E-state index in [0.717, 1.165) is 32.1 Å². The molecule has 0 aromatic rings. The van der Waals surface area contributed by atoms with E-state index in [-0.39, 0.29) is 17.9 Å². The summed E-state index contributed by atoms with van der Waals surface area (Å²) in [6.07, 6.45) is 11.6. The van der Waals surface area contributed by atoms with Gasteiger partial charge in [-0.3, -0.25) is 9.59 Å². The van der Waals surface area contributed by atoms with E-state index in [1.807, 2.05) is 0 Å². The van der Waals surface area contributed by atoms with Gasteiger partial charge in [0.25, 0.3) is 0 Å². The van der Waals surface area contributed by atoms with Crippen molar-refractivity contribution in [2.75, 3.05) is 0 Å². The third kappa shape index (κ3) is 4.22. The molecule has 1 amide bonds. The van der Waals surface area contributed by atoms with Crippen LogP contribution in [0.5, 0.6) is 0 Å². The van der Waals surface area contributed by atoms with E-state index in [1.54, 1.807) is 0 Å². The summed E-state index contributed by atoms with van der Waals surface area (Å²) in [7, 11) is 0. The average Bonchev–Trinajstić information content (AvgIpc) is 2.41. The fourth-order valence-electron chi connectivity index (χ4n) is 3.65. The number of aliphatic carboxylic acids is 1. The maximum Gasteiger partial charge on any atom is 0.307 e. The zero-order valence-corrected chi connectivity index (χ0v) is 12.3. The lowest BCUT2D eigenvalue weighted by atomic mass is 9.78. The van der Waals surface area contributed by atoms with Crippen molar-refractivity contribution >= 4 is 11.9 Å². The molecule has 2 N–H and O–H groups in total. The standard InChI is InChI=1S/C16H27NO3/c18-15(13-10-6-7-11-14(13)16(19)20)17-12-8-4-2-1-3-5-9-12/h12-14H,1-11H2,(H,17,18)(H,19,20)/t13-,14+/m1/s1. The summed E-state index contributed by atoms with van der Waals surface area (Å²) in [4.78, 5) is 23.7. The summed E-state index contributed by atoms with van der Waals surface area (Å²) in [5, 5.41) is 12.4. The molecule has 0 aromatic carbocycles. The molecule has 0 saturated heterocycles. The summed E-state index contributed by atoms with van der Waals surface area (Å²) < 4.78 is 0. The van der Waals surface area contributed by atoms with Gasteiger partial charge in [0.15, 0.2) is 0 Å². The van der Waals surface area contributed by atoms with E-state index in [2.05, 4.69) is 5.32 Å². The Labute approximate surface area is 121 Å². The predicted molar refractivity (Wildman–Crippen MR) is 77.3 cm³/mol. The van der Waals surface area contributed by atoms with Crippen molar-refractivity contribution < 1.29 is 14.7 Å². The van der Waals surface area contributed by atoms with Crippen LogP contribution < -0.4 is 5.32 Å². The van der Waals surface area contributed by atoms with Gasteiger partial charge >= 0.3 is 5.97 Å². The Morgan fingerprint density at radius 1 is 0.750 bits per heavy atom. The zero-order chi connectivity index (χ0) is 14.4. The molecule has 0 unspecified atom stereocenters. The van der Waals surface area contributed by atoms with Gasteiger partial charge in [-0.1, -0.05) is 44.9 Å². The van der Waals surface area contributed by atoms with E-state index >= 15 is 0 Å². The fraction of sp³-hybridized carbons (Fsp3) is 0.875. The second kappa shape index (κ2) is 7.65. The van der Waals surface area contributed by atoms with Crippen molar-refractivity contribution in [3.63, 3.8) is 0 Å². The molecular weight excluding hydrogens is 254 g/mol. The van der Waals surface area contributed by atoms with Crippen molar-refractivity contribution in [2.24, 2.45) is 11.8 Å². The number of rotatable bonds is 3. The minimum absolute atomic E-state index is 0.0114. The largest absolute Gasteiger partial charge is 0.481 e. The highest BCUT2D eigenvalue weighted by molar-refractivity contribution is 5.85. The van der Waals surface area contributed by atoms with Crippen LogP contribution in [0.3, 0.4) is 0 Å². The van der Waals surface area contributed by atoms with E-state index in [4.69, 9.17) is 0 Å². The Balaban J connectivity index is 1.89. The van der Waals surface area contributed by atoms with Crippen molar-refractivity contribution in [3.05, 3.63) is 0 Å². The molecule has 2 saturated carbocycles. The van der Waals surface area contributed by atoms with E-state index in [1.165, 1.54) is 32.1 Å². The lowest BCUT2D eigenvalue weighted by Crippen LogP contribution is -2.44. The highest BCUT2D eigenvalue weighted by Gasteiger charge is 2.36. The molecule has 0 aromatic heterocycles. The van der Waals surface area contributed by atoms with Crippen LogP contribution in [0.1, 0.15) is 70.6 Å². The molecule has 114 valence electrons. The van der Waals surface area contributed by atoms with Gasteiger partial charge in [-0.05, 0) is 25.7 Å². The Bertz CT molecular complexity index is 335. The van der Waals surface area contributed by atoms with Gasteiger partial charge in [-0.25, -0.2) is 0 Å². The molecule has 2 aliphatic carbocycles. The molecule has 2 atom stereocenters. The lowest BCUT2D eigenvalue weighted by Gasteiger charge is -2.30. The molecule has 2 aliphatic rings. The average molecular weight is 281 g/mol. The molecule has 0 spiro atoms. The first-order valence-corrected chi connectivity index (χ1v) is 8.21. The number of carbonyl (C=O) groups excluding carboxylic acids is 1. The highest BCUT2D eigenvalue weighted by Crippen LogP contribution is 2.31. The number of amides is 1. The summed E-state index contributed by atoms with van der Waals surface area (Å²) in [6, 6.07) is 0.263. The smallest absolute Gasteiger partial charge is 0.307 e. The molecule has 0 radical (unpaired) electrons. The fourth-order valence-corrected chi connectivity index (χ4v) is 3.65. The van der Waals surface area contributed by atoms with Gasteiger partial charge in [0.05, 0.1) is 11.8 Å². The Hall–Kier alpha value is -1.06. The minimum atomic E-state index is -0.803. The molecular formula is C16H27NO3. The van der Waals surface area contributed by atoms with Crippen LogP contribution >= 0.6 is 0 Å². The monoisotopic (exact) mass is 281 g/mol. The van der Waals surface area contributed by atoms with Crippen molar-refractivity contribution in [3.8, 4) is 0 Å². The second-order valence-corrected chi connectivity index (χ2v) is 6.39. The second-order valence-electron chi connectivity index (χ2n) is 6.39. The molecule has 0 bridgehead atoms. The summed E-state index contributed by atoms with van der Waals surface area (Å²) in [5.41, 5.74) is 0. The normalized spacial score (nSPS) is 29.2. The minimum Gasteiger partial charge on any atom is -0.481 e. The Morgan fingerprint density at radius 3 is 1.85 bits per heavy atom. The highest BCUT2D eigenvalue weighted by atomic mass is 16.4. The van der Waals surface area contributed by atoms with Gasteiger partial charge in [-0.2, -0.15) is 0 Å². The van der Waals surface area contributed by atoms with Gasteiger partial charge in [-0.15, -0.1) is 0 Å². The zero-order valence-electron chi connectivity index (χ0n) is 12.3. The van der Waals surface area contributed by atoms with Crippen molar-refractivity contribution in [1.29, 1.82) is 0 Å². The topological polar surface area (TPSA) is 66.4 Å². The maximum atomic E-state index is 12.4. The number of carboxylic acids is 1. The summed E-state index contributed by atoms with van der Waals surface area (Å²) in [5.74, 6) is -1.60. The van der Waals surface area contributed by atoms with Crippen LogP contribution in [0.4, 0.5) is 0 Å². The number of carboxylic acid groups (broad SMARTS) is 1. The Morgan fingerprint density at radius 2 is 1.25 bits per heavy atom. The van der Waals surface area contributed by atoms with E-state index < -0.39 is 11.9 Å². The van der Waals surface area contributed by atoms with Crippen molar-refractivity contribution in [1.82, 2.24) is 5.32 Å². The van der Waals surface area contributed by atoms with Crippen molar-refractivity contribution in [2.45, 2.75) is 76.7 Å². The first-order valence-electron chi connectivity index (χ1n) is 8.21. The number of hydrogen-bond donors (Lipinski definition) is 2. The first kappa shape index (κ1) is 15.3. The van der Waals surface area contributed by atoms with Crippen LogP contribution in [-0.2, 0) is 9.59 Å². The quantitative estimate of drug-likeness (QED) is 0.835. The van der Waals surface area contributed by atoms with Crippen LogP contribution in [0.2, 0.25) is 0 Å². The van der Waals surface area contributed by atoms with E-state index in [9.17, 15) is 14.7 Å². The van der Waals surface area contributed by atoms with Crippen LogP contribution in [0.15, 0.2) is 0 Å². The summed E-state index contributed by atoms with van der Waals surface area (Å²) in [6.45, 7) is 0. The molecule has 20 heavy (non-hydrogen) atoms. The molecule has 0 aliphatic heterocycles. The number of carbonyl (C=O) groups is 2. The van der Waals surface area contributed by atoms with Gasteiger partial charge in [0.2, 0.25) is 5.91 Å². The van der Waals surface area contributed by atoms with Crippen LogP contribution in [0.25, 0.3) is 0 Å². The third-order valence-corrected chi connectivity index (χ3v) is 4.87. The van der Waals surface area contributed by atoms with Crippen LogP contribution in [-0.4, -0.2) is 23.0 Å². The third-order valence-electron chi connectivity index (χ3n) is 4.87. The van der Waals surface area contributed by atoms with Gasteiger partial charge in [0, 0.05) is 6.04 Å². The first-order chi connectivity index (χ1) is 9.68. The van der Waals surface area contributed by atoms with Gasteiger partial charge < -0.3 is 10.4 Å². The molecule has 0 heterocycles. The Kier molecular flexibility index (Phi) is 5.86. The predicted octanol–water partition coefficient (Wildman–Crippen LogP) is 3.11. The number of hydrogen-bond acceptors (Lipinski definition) is 2. The van der Waals surface area contributed by atoms with Crippen LogP contribution in [0, 0.1) is 11.8 Å². The van der Waals surface area contributed by atoms with Gasteiger partial charge in [0.1, 0.15) is 0 Å². The maximum absolute atomic E-state index is 12.4. The SMILES string of the molecule is O=C(O)[C@H]1CCCC[C@H]1C(=O)NC1CCCCCCC1. The lowest BCUT2D eigenvalue weighted by molar-refractivity contribution is -0.149. The molecule has 4 heteroatoms. The molecule has 2 rings (SSSR count). The molecule has 2 fully saturated rings. The van der Waals surface area contributed by atoms with E-state index in [0.29, 0.717) is 6.42 Å². The molecule has 4 nitrogen and oxygen atoms in total.